The topological polar surface area (TPSA) is 109 Å². The molecule has 0 saturated heterocycles. The van der Waals surface area contributed by atoms with Gasteiger partial charge in [0.15, 0.2) is 0 Å². The molecule has 0 heterocycles. The SMILES string of the molecule is O=S(=O)(O)CC(CBr)(CBr)CS(=O)(=O)O. The molecule has 0 fully saturated rings. The molecular formula is C5H10Br2O6S2. The molecule has 2 N–H and O–H groups in total. The number of halogens is 2. The molecule has 0 unspecified atom stereocenters. The lowest BCUT2D eigenvalue weighted by atomic mass is 10.00. The molecule has 0 amide bonds. The Labute approximate surface area is 105 Å². The lowest BCUT2D eigenvalue weighted by Crippen LogP contribution is -2.40. The fourth-order valence-corrected chi connectivity index (χ4v) is 6.07. The molecule has 0 aromatic carbocycles. The van der Waals surface area contributed by atoms with Gasteiger partial charge in [-0.2, -0.15) is 16.8 Å². The van der Waals surface area contributed by atoms with Crippen molar-refractivity contribution in [1.82, 2.24) is 0 Å². The fraction of sp³-hybridized carbons (Fsp3) is 1.00. The Morgan fingerprint density at radius 2 is 1.13 bits per heavy atom. The van der Waals surface area contributed by atoms with Crippen molar-refractivity contribution in [3.05, 3.63) is 0 Å². The van der Waals surface area contributed by atoms with Crippen molar-refractivity contribution in [2.45, 2.75) is 0 Å². The molecular weight excluding hydrogens is 380 g/mol. The summed E-state index contributed by atoms with van der Waals surface area (Å²) in [5.74, 6) is -1.51. The first kappa shape index (κ1) is 15.8. The Hall–Kier alpha value is 0.780. The Bertz CT molecular complexity index is 359. The van der Waals surface area contributed by atoms with Gasteiger partial charge in [0.05, 0.1) is 11.5 Å². The van der Waals surface area contributed by atoms with Gasteiger partial charge in [-0.05, 0) is 0 Å². The van der Waals surface area contributed by atoms with E-state index in [4.69, 9.17) is 9.11 Å². The van der Waals surface area contributed by atoms with E-state index in [1.165, 1.54) is 0 Å². The predicted molar refractivity (Wildman–Crippen MR) is 62.9 cm³/mol. The summed E-state index contributed by atoms with van der Waals surface area (Å²) in [7, 11) is -8.63. The van der Waals surface area contributed by atoms with Crippen molar-refractivity contribution >= 4 is 52.1 Å². The van der Waals surface area contributed by atoms with E-state index < -0.39 is 37.2 Å². The van der Waals surface area contributed by atoms with Crippen molar-refractivity contribution in [3.8, 4) is 0 Å². The van der Waals surface area contributed by atoms with E-state index in [9.17, 15) is 16.8 Å². The average molecular weight is 390 g/mol. The maximum atomic E-state index is 10.7. The van der Waals surface area contributed by atoms with E-state index in [1.54, 1.807) is 0 Å². The summed E-state index contributed by atoms with van der Waals surface area (Å²) in [4.78, 5) is 0. The average Bonchev–Trinajstić information content (AvgIpc) is 1.98. The van der Waals surface area contributed by atoms with Crippen molar-refractivity contribution < 1.29 is 25.9 Å². The van der Waals surface area contributed by atoms with Gasteiger partial charge in [0.1, 0.15) is 0 Å². The molecule has 6 nitrogen and oxygen atoms in total. The lowest BCUT2D eigenvalue weighted by molar-refractivity contribution is 0.416. The van der Waals surface area contributed by atoms with E-state index in [0.717, 1.165) is 0 Å². The van der Waals surface area contributed by atoms with Crippen LogP contribution >= 0.6 is 31.9 Å². The van der Waals surface area contributed by atoms with Gasteiger partial charge < -0.3 is 0 Å². The molecule has 92 valence electrons. The molecule has 0 bridgehead atoms. The van der Waals surface area contributed by atoms with Gasteiger partial charge in [-0.3, -0.25) is 9.11 Å². The van der Waals surface area contributed by atoms with E-state index in [-0.39, 0.29) is 10.7 Å². The number of hydrogen-bond donors (Lipinski definition) is 2. The van der Waals surface area contributed by atoms with Crippen LogP contribution in [0.25, 0.3) is 0 Å². The van der Waals surface area contributed by atoms with Crippen LogP contribution in [0, 0.1) is 5.41 Å². The fourth-order valence-electron chi connectivity index (χ4n) is 1.01. The quantitative estimate of drug-likeness (QED) is 0.506. The number of hydrogen-bond acceptors (Lipinski definition) is 4. The van der Waals surface area contributed by atoms with Crippen LogP contribution in [0.3, 0.4) is 0 Å². The largest absolute Gasteiger partial charge is 0.286 e. The number of rotatable bonds is 6. The van der Waals surface area contributed by atoms with Crippen LogP contribution in [0.5, 0.6) is 0 Å². The second kappa shape index (κ2) is 5.41. The van der Waals surface area contributed by atoms with Crippen LogP contribution < -0.4 is 0 Å². The van der Waals surface area contributed by atoms with E-state index >= 15 is 0 Å². The van der Waals surface area contributed by atoms with Gasteiger partial charge in [-0.15, -0.1) is 0 Å². The molecule has 0 spiro atoms. The van der Waals surface area contributed by atoms with Crippen LogP contribution in [0.1, 0.15) is 0 Å². The minimum absolute atomic E-state index is 0.00479. The maximum absolute atomic E-state index is 10.7. The van der Waals surface area contributed by atoms with Gasteiger partial charge in [0.25, 0.3) is 20.2 Å². The van der Waals surface area contributed by atoms with Crippen LogP contribution in [0.15, 0.2) is 0 Å². The van der Waals surface area contributed by atoms with Gasteiger partial charge in [-0.25, -0.2) is 0 Å². The molecule has 0 saturated carbocycles. The first-order valence-corrected chi connectivity index (χ1v) is 9.02. The van der Waals surface area contributed by atoms with E-state index in [0.29, 0.717) is 0 Å². The van der Waals surface area contributed by atoms with Crippen LogP contribution in [-0.4, -0.2) is 48.1 Å². The maximum Gasteiger partial charge on any atom is 0.265 e. The summed E-state index contributed by atoms with van der Waals surface area (Å²) in [6.07, 6.45) is 0. The zero-order valence-electron chi connectivity index (χ0n) is 7.43. The summed E-state index contributed by atoms with van der Waals surface area (Å²) in [6, 6.07) is 0. The Morgan fingerprint density at radius 3 is 1.27 bits per heavy atom. The molecule has 0 aliphatic heterocycles. The van der Waals surface area contributed by atoms with Crippen LogP contribution in [0.2, 0.25) is 0 Å². The van der Waals surface area contributed by atoms with Crippen LogP contribution in [0.4, 0.5) is 0 Å². The van der Waals surface area contributed by atoms with E-state index in [1.807, 2.05) is 0 Å². The zero-order valence-corrected chi connectivity index (χ0v) is 12.2. The Morgan fingerprint density at radius 1 is 0.867 bits per heavy atom. The molecule has 10 heteroatoms. The summed E-state index contributed by atoms with van der Waals surface area (Å²) in [5, 5.41) is 0.00958. The van der Waals surface area contributed by atoms with Gasteiger partial charge >= 0.3 is 0 Å². The minimum atomic E-state index is -4.31. The molecule has 0 aromatic heterocycles. The molecule has 0 atom stereocenters. The third-order valence-corrected chi connectivity index (χ3v) is 5.88. The van der Waals surface area contributed by atoms with Crippen molar-refractivity contribution in [2.75, 3.05) is 22.2 Å². The lowest BCUT2D eigenvalue weighted by Gasteiger charge is -2.26. The molecule has 0 aliphatic rings. The van der Waals surface area contributed by atoms with E-state index in [2.05, 4.69) is 31.9 Å². The van der Waals surface area contributed by atoms with Crippen molar-refractivity contribution in [1.29, 1.82) is 0 Å². The Balaban J connectivity index is 5.07. The monoisotopic (exact) mass is 388 g/mol. The van der Waals surface area contributed by atoms with Gasteiger partial charge in [-0.1, -0.05) is 31.9 Å². The minimum Gasteiger partial charge on any atom is -0.286 e. The molecule has 0 aromatic rings. The molecule has 15 heavy (non-hydrogen) atoms. The highest BCUT2D eigenvalue weighted by atomic mass is 79.9. The highest BCUT2D eigenvalue weighted by Crippen LogP contribution is 2.27. The summed E-state index contributed by atoms with van der Waals surface area (Å²) in [6.45, 7) is 0. The van der Waals surface area contributed by atoms with Gasteiger partial charge in [0, 0.05) is 16.1 Å². The first-order valence-electron chi connectivity index (χ1n) is 3.56. The second-order valence-electron chi connectivity index (χ2n) is 3.22. The zero-order chi connectivity index (χ0) is 12.3. The summed E-state index contributed by atoms with van der Waals surface area (Å²) < 4.78 is 60.1. The second-order valence-corrected chi connectivity index (χ2v) is 7.25. The molecule has 0 radical (unpaired) electrons. The van der Waals surface area contributed by atoms with Crippen molar-refractivity contribution in [3.63, 3.8) is 0 Å². The molecule has 0 aliphatic carbocycles. The third-order valence-electron chi connectivity index (χ3n) is 1.54. The highest BCUT2D eigenvalue weighted by Gasteiger charge is 2.37. The Kier molecular flexibility index (Phi) is 5.69. The predicted octanol–water partition coefficient (Wildman–Crippen LogP) is 0.538. The third kappa shape index (κ3) is 6.84. The standard InChI is InChI=1S/C5H10Br2O6S2/c6-1-5(2-7,3-14(8,9)10)4-15(11,12)13/h1-4H2,(H,8,9,10)(H,11,12,13). The summed E-state index contributed by atoms with van der Waals surface area (Å²) in [5.41, 5.74) is -1.29. The van der Waals surface area contributed by atoms with Crippen LogP contribution in [-0.2, 0) is 20.2 Å². The smallest absolute Gasteiger partial charge is 0.265 e. The van der Waals surface area contributed by atoms with Crippen molar-refractivity contribution in [2.24, 2.45) is 5.41 Å². The summed E-state index contributed by atoms with van der Waals surface area (Å²) >= 11 is 5.91. The normalized spacial score (nSPS) is 14.1. The first-order chi connectivity index (χ1) is 6.54. The van der Waals surface area contributed by atoms with Gasteiger partial charge in [0.2, 0.25) is 0 Å². The number of alkyl halides is 2. The highest BCUT2D eigenvalue weighted by molar-refractivity contribution is 9.09. The molecule has 0 rings (SSSR count).